The normalized spacial score (nSPS) is 10.6. The summed E-state index contributed by atoms with van der Waals surface area (Å²) < 4.78 is 1.95. The summed E-state index contributed by atoms with van der Waals surface area (Å²) in [6.07, 6.45) is 4.14. The van der Waals surface area contributed by atoms with Crippen LogP contribution in [0, 0.1) is 13.8 Å². The van der Waals surface area contributed by atoms with Gasteiger partial charge in [0.15, 0.2) is 5.16 Å². The summed E-state index contributed by atoms with van der Waals surface area (Å²) in [5.41, 5.74) is 3.12. The lowest BCUT2D eigenvalue weighted by atomic mass is 10.1. The predicted octanol–water partition coefficient (Wildman–Crippen LogP) is 3.16. The summed E-state index contributed by atoms with van der Waals surface area (Å²) >= 11 is 1.59. The van der Waals surface area contributed by atoms with Gasteiger partial charge in [-0.25, -0.2) is 4.98 Å². The number of amides is 1. The molecule has 1 aromatic heterocycles. The Morgan fingerprint density at radius 2 is 2.05 bits per heavy atom. The number of imidazole rings is 1. The molecule has 1 N–H and O–H groups in total. The van der Waals surface area contributed by atoms with Crippen molar-refractivity contribution in [2.75, 3.05) is 11.1 Å². The first-order valence-electron chi connectivity index (χ1n) is 6.54. The number of aromatic nitrogens is 2. The first-order valence-corrected chi connectivity index (χ1v) is 7.52. The fraction of sp³-hybridized carbons (Fsp3) is 0.333. The van der Waals surface area contributed by atoms with Crippen molar-refractivity contribution >= 4 is 23.4 Å². The molecule has 20 heavy (non-hydrogen) atoms. The van der Waals surface area contributed by atoms with Crippen molar-refractivity contribution in [3.63, 3.8) is 0 Å². The smallest absolute Gasteiger partial charge is 0.225 e. The number of hydrogen-bond donors (Lipinski definition) is 1. The molecular formula is C15H19N3OS. The van der Waals surface area contributed by atoms with Crippen LogP contribution < -0.4 is 5.32 Å². The maximum Gasteiger partial charge on any atom is 0.225 e. The summed E-state index contributed by atoms with van der Waals surface area (Å²) in [4.78, 5) is 16.2. The number of carbonyl (C=O) groups is 1. The van der Waals surface area contributed by atoms with Crippen molar-refractivity contribution in [2.24, 2.45) is 7.05 Å². The van der Waals surface area contributed by atoms with Crippen LogP contribution in [0.1, 0.15) is 17.5 Å². The number of anilines is 1. The minimum absolute atomic E-state index is 0.0455. The zero-order chi connectivity index (χ0) is 14.5. The topological polar surface area (TPSA) is 46.9 Å². The summed E-state index contributed by atoms with van der Waals surface area (Å²) in [5.74, 6) is 0.769. The maximum atomic E-state index is 12.0. The number of aryl methyl sites for hydroxylation is 3. The Morgan fingerprint density at radius 1 is 1.35 bits per heavy atom. The van der Waals surface area contributed by atoms with Gasteiger partial charge in [0.25, 0.3) is 0 Å². The molecule has 2 aromatic rings. The molecule has 0 unspecified atom stereocenters. The molecular weight excluding hydrogens is 270 g/mol. The highest BCUT2D eigenvalue weighted by Crippen LogP contribution is 2.20. The molecule has 4 nitrogen and oxygen atoms in total. The Bertz CT molecular complexity index is 587. The van der Waals surface area contributed by atoms with Gasteiger partial charge in [-0.3, -0.25) is 4.79 Å². The summed E-state index contributed by atoms with van der Waals surface area (Å²) in [5, 5.41) is 3.93. The second-order valence-corrected chi connectivity index (χ2v) is 5.80. The Morgan fingerprint density at radius 3 is 2.65 bits per heavy atom. The number of hydrogen-bond acceptors (Lipinski definition) is 3. The number of thioether (sulfide) groups is 1. The van der Waals surface area contributed by atoms with Crippen molar-refractivity contribution in [2.45, 2.75) is 25.4 Å². The standard InChI is InChI=1S/C15H19N3OS/c1-11-5-4-6-12(2)14(11)17-13(19)7-10-20-15-16-8-9-18(15)3/h4-6,8-9H,7,10H2,1-3H3,(H,17,19). The van der Waals surface area contributed by atoms with Gasteiger partial charge in [0, 0.05) is 37.3 Å². The fourth-order valence-corrected chi connectivity index (χ4v) is 2.81. The Labute approximate surface area is 123 Å². The Hall–Kier alpha value is -1.75. The van der Waals surface area contributed by atoms with Crippen LogP contribution in [0.2, 0.25) is 0 Å². The van der Waals surface area contributed by atoms with Crippen molar-refractivity contribution in [3.8, 4) is 0 Å². The van der Waals surface area contributed by atoms with Gasteiger partial charge in [-0.15, -0.1) is 0 Å². The van der Waals surface area contributed by atoms with E-state index in [2.05, 4.69) is 10.3 Å². The fourth-order valence-electron chi connectivity index (χ4n) is 1.94. The van der Waals surface area contributed by atoms with Gasteiger partial charge in [0.05, 0.1) is 0 Å². The molecule has 0 fully saturated rings. The number of benzene rings is 1. The lowest BCUT2D eigenvalue weighted by molar-refractivity contribution is -0.115. The second kappa shape index (κ2) is 6.61. The third-order valence-electron chi connectivity index (χ3n) is 3.08. The molecule has 0 aliphatic rings. The van der Waals surface area contributed by atoms with Crippen LogP contribution in [-0.4, -0.2) is 21.2 Å². The van der Waals surface area contributed by atoms with E-state index in [9.17, 15) is 4.79 Å². The number of rotatable bonds is 5. The Balaban J connectivity index is 1.85. The lowest BCUT2D eigenvalue weighted by Crippen LogP contribution is -2.14. The van der Waals surface area contributed by atoms with E-state index in [1.54, 1.807) is 18.0 Å². The van der Waals surface area contributed by atoms with Crippen LogP contribution in [0.4, 0.5) is 5.69 Å². The van der Waals surface area contributed by atoms with Crippen LogP contribution in [-0.2, 0) is 11.8 Å². The molecule has 5 heteroatoms. The molecule has 0 bridgehead atoms. The third-order valence-corrected chi connectivity index (χ3v) is 4.14. The molecule has 0 saturated carbocycles. The molecule has 1 aromatic carbocycles. The number of para-hydroxylation sites is 1. The molecule has 0 spiro atoms. The van der Waals surface area contributed by atoms with Crippen LogP contribution >= 0.6 is 11.8 Å². The van der Waals surface area contributed by atoms with Crippen LogP contribution in [0.3, 0.4) is 0 Å². The van der Waals surface area contributed by atoms with E-state index in [1.165, 1.54) is 0 Å². The maximum absolute atomic E-state index is 12.0. The van der Waals surface area contributed by atoms with Gasteiger partial charge in [0.2, 0.25) is 5.91 Å². The molecule has 0 aliphatic carbocycles. The van der Waals surface area contributed by atoms with Crippen molar-refractivity contribution in [1.82, 2.24) is 9.55 Å². The van der Waals surface area contributed by atoms with Crippen LogP contribution in [0.25, 0.3) is 0 Å². The average molecular weight is 289 g/mol. The largest absolute Gasteiger partial charge is 0.329 e. The quantitative estimate of drug-likeness (QED) is 0.860. The molecule has 1 amide bonds. The highest BCUT2D eigenvalue weighted by atomic mass is 32.2. The molecule has 0 aliphatic heterocycles. The van der Waals surface area contributed by atoms with Crippen molar-refractivity contribution in [1.29, 1.82) is 0 Å². The Kier molecular flexibility index (Phi) is 4.84. The number of nitrogens with zero attached hydrogens (tertiary/aromatic N) is 2. The predicted molar refractivity (Wildman–Crippen MR) is 83.1 cm³/mol. The van der Waals surface area contributed by atoms with Gasteiger partial charge in [-0.2, -0.15) is 0 Å². The molecule has 2 rings (SSSR count). The zero-order valence-corrected chi connectivity index (χ0v) is 12.8. The van der Waals surface area contributed by atoms with E-state index in [0.717, 1.165) is 27.7 Å². The minimum atomic E-state index is 0.0455. The van der Waals surface area contributed by atoms with Crippen molar-refractivity contribution in [3.05, 3.63) is 41.7 Å². The van der Waals surface area contributed by atoms with Gasteiger partial charge in [0.1, 0.15) is 0 Å². The van der Waals surface area contributed by atoms with E-state index in [1.807, 2.05) is 49.9 Å². The molecule has 1 heterocycles. The monoisotopic (exact) mass is 289 g/mol. The van der Waals surface area contributed by atoms with Gasteiger partial charge < -0.3 is 9.88 Å². The highest BCUT2D eigenvalue weighted by Gasteiger charge is 2.08. The number of carbonyl (C=O) groups excluding carboxylic acids is 1. The van der Waals surface area contributed by atoms with Gasteiger partial charge >= 0.3 is 0 Å². The van der Waals surface area contributed by atoms with Gasteiger partial charge in [-0.05, 0) is 25.0 Å². The average Bonchev–Trinajstić information content (AvgIpc) is 2.80. The molecule has 106 valence electrons. The van der Waals surface area contributed by atoms with E-state index in [0.29, 0.717) is 6.42 Å². The summed E-state index contributed by atoms with van der Waals surface area (Å²) in [6.45, 7) is 4.01. The third kappa shape index (κ3) is 3.63. The van der Waals surface area contributed by atoms with E-state index in [-0.39, 0.29) is 5.91 Å². The summed E-state index contributed by atoms with van der Waals surface area (Å²) in [7, 11) is 1.95. The summed E-state index contributed by atoms with van der Waals surface area (Å²) in [6, 6.07) is 6.01. The zero-order valence-electron chi connectivity index (χ0n) is 12.0. The van der Waals surface area contributed by atoms with Gasteiger partial charge in [-0.1, -0.05) is 30.0 Å². The molecule has 0 radical (unpaired) electrons. The minimum Gasteiger partial charge on any atom is -0.329 e. The second-order valence-electron chi connectivity index (χ2n) is 4.73. The van der Waals surface area contributed by atoms with Crippen molar-refractivity contribution < 1.29 is 4.79 Å². The number of nitrogens with one attached hydrogen (secondary N) is 1. The lowest BCUT2D eigenvalue weighted by Gasteiger charge is -2.11. The van der Waals surface area contributed by atoms with Crippen LogP contribution in [0.5, 0.6) is 0 Å². The highest BCUT2D eigenvalue weighted by molar-refractivity contribution is 7.99. The molecule has 0 atom stereocenters. The van der Waals surface area contributed by atoms with E-state index in [4.69, 9.17) is 0 Å². The first kappa shape index (κ1) is 14.7. The molecule has 0 saturated heterocycles. The first-order chi connectivity index (χ1) is 9.58. The van der Waals surface area contributed by atoms with E-state index >= 15 is 0 Å². The SMILES string of the molecule is Cc1cccc(C)c1NC(=O)CCSc1nccn1C. The van der Waals surface area contributed by atoms with E-state index < -0.39 is 0 Å². The van der Waals surface area contributed by atoms with Crippen LogP contribution in [0.15, 0.2) is 35.7 Å².